The second-order valence-corrected chi connectivity index (χ2v) is 4.50. The van der Waals surface area contributed by atoms with Crippen LogP contribution in [0.25, 0.3) is 6.08 Å². The number of allylic oxidation sites excluding steroid dienone is 1. The first-order valence-electron chi connectivity index (χ1n) is 5.38. The van der Waals surface area contributed by atoms with Gasteiger partial charge in [-0.25, -0.2) is 9.37 Å². The zero-order valence-electron chi connectivity index (χ0n) is 9.41. The lowest BCUT2D eigenvalue weighted by atomic mass is 10.1. The molecule has 0 saturated carbocycles. The SMILES string of the molecule is Fc1ccc(C=CCc2cccnc2Cl)cc1Cl. The standard InChI is InChI=1S/C14H10Cl2FN/c15-12-9-10(6-7-13(12)17)3-1-4-11-5-2-8-18-14(11)16/h1-3,5-9H,4H2. The van der Waals surface area contributed by atoms with Crippen LogP contribution in [0, 0.1) is 5.82 Å². The normalized spacial score (nSPS) is 11.1. The maximum Gasteiger partial charge on any atom is 0.141 e. The summed E-state index contributed by atoms with van der Waals surface area (Å²) in [5.74, 6) is -0.413. The van der Waals surface area contributed by atoms with E-state index >= 15 is 0 Å². The van der Waals surface area contributed by atoms with Crippen LogP contribution in [0.1, 0.15) is 11.1 Å². The van der Waals surface area contributed by atoms with Gasteiger partial charge in [0, 0.05) is 6.20 Å². The van der Waals surface area contributed by atoms with E-state index < -0.39 is 5.82 Å². The Bertz CT molecular complexity index is 582. The summed E-state index contributed by atoms with van der Waals surface area (Å²) in [5.41, 5.74) is 1.80. The zero-order valence-corrected chi connectivity index (χ0v) is 10.9. The van der Waals surface area contributed by atoms with Crippen LogP contribution in [0.4, 0.5) is 4.39 Å². The minimum atomic E-state index is -0.413. The highest BCUT2D eigenvalue weighted by Gasteiger charge is 1.99. The van der Waals surface area contributed by atoms with Crippen molar-refractivity contribution in [2.45, 2.75) is 6.42 Å². The lowest BCUT2D eigenvalue weighted by Gasteiger charge is -1.99. The lowest BCUT2D eigenvalue weighted by Crippen LogP contribution is -1.85. The molecule has 18 heavy (non-hydrogen) atoms. The van der Waals surface area contributed by atoms with E-state index in [0.29, 0.717) is 11.6 Å². The molecule has 1 nitrogen and oxygen atoms in total. The van der Waals surface area contributed by atoms with Crippen LogP contribution in [-0.2, 0) is 6.42 Å². The van der Waals surface area contributed by atoms with Crippen LogP contribution < -0.4 is 0 Å². The van der Waals surface area contributed by atoms with Gasteiger partial charge in [-0.05, 0) is 35.7 Å². The van der Waals surface area contributed by atoms with E-state index in [1.54, 1.807) is 18.3 Å². The number of nitrogens with zero attached hydrogens (tertiary/aromatic N) is 1. The highest BCUT2D eigenvalue weighted by atomic mass is 35.5. The summed E-state index contributed by atoms with van der Waals surface area (Å²) in [6.07, 6.45) is 6.12. The monoisotopic (exact) mass is 281 g/mol. The Morgan fingerprint density at radius 3 is 2.78 bits per heavy atom. The van der Waals surface area contributed by atoms with Gasteiger partial charge >= 0.3 is 0 Å². The van der Waals surface area contributed by atoms with Crippen molar-refractivity contribution in [3.8, 4) is 0 Å². The molecular weight excluding hydrogens is 272 g/mol. The zero-order chi connectivity index (χ0) is 13.0. The number of hydrogen-bond acceptors (Lipinski definition) is 1. The molecule has 0 aliphatic carbocycles. The summed E-state index contributed by atoms with van der Waals surface area (Å²) in [4.78, 5) is 3.99. The smallest absolute Gasteiger partial charge is 0.141 e. The van der Waals surface area contributed by atoms with Crippen LogP contribution in [0.15, 0.2) is 42.6 Å². The van der Waals surface area contributed by atoms with Crippen molar-refractivity contribution in [1.29, 1.82) is 0 Å². The maximum atomic E-state index is 13.0. The summed E-state index contributed by atoms with van der Waals surface area (Å²) in [5, 5.41) is 0.621. The number of pyridine rings is 1. The molecule has 1 heterocycles. The summed E-state index contributed by atoms with van der Waals surface area (Å²) < 4.78 is 13.0. The Morgan fingerprint density at radius 2 is 2.06 bits per heavy atom. The molecule has 1 aromatic carbocycles. The molecule has 0 N–H and O–H groups in total. The van der Waals surface area contributed by atoms with E-state index in [4.69, 9.17) is 23.2 Å². The second-order valence-electron chi connectivity index (χ2n) is 3.73. The largest absolute Gasteiger partial charge is 0.244 e. The molecule has 0 aliphatic rings. The molecular formula is C14H10Cl2FN. The molecule has 0 bridgehead atoms. The molecule has 0 saturated heterocycles. The van der Waals surface area contributed by atoms with Crippen molar-refractivity contribution in [3.63, 3.8) is 0 Å². The third kappa shape index (κ3) is 3.31. The molecule has 0 amide bonds. The van der Waals surface area contributed by atoms with Crippen LogP contribution in [-0.4, -0.2) is 4.98 Å². The van der Waals surface area contributed by atoms with Crippen LogP contribution in [0.2, 0.25) is 10.2 Å². The van der Waals surface area contributed by atoms with E-state index in [0.717, 1.165) is 11.1 Å². The van der Waals surface area contributed by atoms with Gasteiger partial charge in [-0.2, -0.15) is 0 Å². The van der Waals surface area contributed by atoms with E-state index in [1.165, 1.54) is 6.07 Å². The van der Waals surface area contributed by atoms with Gasteiger partial charge < -0.3 is 0 Å². The van der Waals surface area contributed by atoms with Gasteiger partial charge in [0.25, 0.3) is 0 Å². The van der Waals surface area contributed by atoms with E-state index in [1.807, 2.05) is 24.3 Å². The van der Waals surface area contributed by atoms with Crippen molar-refractivity contribution >= 4 is 29.3 Å². The lowest BCUT2D eigenvalue weighted by molar-refractivity contribution is 0.628. The summed E-state index contributed by atoms with van der Waals surface area (Å²) in [6, 6.07) is 8.35. The van der Waals surface area contributed by atoms with Crippen molar-refractivity contribution in [3.05, 3.63) is 69.7 Å². The van der Waals surface area contributed by atoms with Gasteiger partial charge in [0.2, 0.25) is 0 Å². The van der Waals surface area contributed by atoms with Crippen LogP contribution >= 0.6 is 23.2 Å². The molecule has 4 heteroatoms. The summed E-state index contributed by atoms with van der Waals surface area (Å²) in [7, 11) is 0. The Morgan fingerprint density at radius 1 is 1.22 bits per heavy atom. The first-order valence-corrected chi connectivity index (χ1v) is 6.13. The van der Waals surface area contributed by atoms with Crippen molar-refractivity contribution in [2.24, 2.45) is 0 Å². The Balaban J connectivity index is 2.08. The first-order chi connectivity index (χ1) is 8.66. The number of aromatic nitrogens is 1. The average molecular weight is 282 g/mol. The Kier molecular flexibility index (Phi) is 4.34. The maximum absolute atomic E-state index is 13.0. The van der Waals surface area contributed by atoms with Crippen LogP contribution in [0.3, 0.4) is 0 Å². The number of rotatable bonds is 3. The molecule has 2 aromatic rings. The second kappa shape index (κ2) is 5.98. The highest BCUT2D eigenvalue weighted by molar-refractivity contribution is 6.31. The van der Waals surface area contributed by atoms with Crippen molar-refractivity contribution in [2.75, 3.05) is 0 Å². The van der Waals surface area contributed by atoms with Crippen molar-refractivity contribution in [1.82, 2.24) is 4.98 Å². The fraction of sp³-hybridized carbons (Fsp3) is 0.0714. The summed E-state index contributed by atoms with van der Waals surface area (Å²) >= 11 is 11.6. The molecule has 2 rings (SSSR count). The molecule has 0 fully saturated rings. The van der Waals surface area contributed by atoms with Gasteiger partial charge in [0.1, 0.15) is 11.0 Å². The van der Waals surface area contributed by atoms with E-state index in [2.05, 4.69) is 4.98 Å². The van der Waals surface area contributed by atoms with E-state index in [-0.39, 0.29) is 5.02 Å². The molecule has 92 valence electrons. The predicted octanol–water partition coefficient (Wildman–Crippen LogP) is 4.78. The quantitative estimate of drug-likeness (QED) is 0.738. The van der Waals surface area contributed by atoms with Crippen molar-refractivity contribution < 1.29 is 4.39 Å². The Hall–Kier alpha value is -1.38. The molecule has 0 aliphatic heterocycles. The average Bonchev–Trinajstić information content (AvgIpc) is 2.36. The highest BCUT2D eigenvalue weighted by Crippen LogP contribution is 2.18. The molecule has 0 spiro atoms. The first kappa shape index (κ1) is 13.1. The topological polar surface area (TPSA) is 12.9 Å². The molecule has 1 aromatic heterocycles. The van der Waals surface area contributed by atoms with Gasteiger partial charge in [0.05, 0.1) is 5.02 Å². The van der Waals surface area contributed by atoms with Gasteiger partial charge in [-0.1, -0.05) is 47.5 Å². The minimum absolute atomic E-state index is 0.122. The Labute approximate surface area is 115 Å². The van der Waals surface area contributed by atoms with Crippen LogP contribution in [0.5, 0.6) is 0 Å². The number of benzene rings is 1. The molecule has 0 atom stereocenters. The number of hydrogen-bond donors (Lipinski definition) is 0. The third-order valence-electron chi connectivity index (χ3n) is 2.43. The summed E-state index contributed by atoms with van der Waals surface area (Å²) in [6.45, 7) is 0. The van der Waals surface area contributed by atoms with Gasteiger partial charge in [0.15, 0.2) is 0 Å². The molecule has 0 radical (unpaired) electrons. The fourth-order valence-electron chi connectivity index (χ4n) is 1.51. The minimum Gasteiger partial charge on any atom is -0.244 e. The number of halogens is 3. The van der Waals surface area contributed by atoms with Gasteiger partial charge in [-0.15, -0.1) is 0 Å². The fourth-order valence-corrected chi connectivity index (χ4v) is 1.90. The van der Waals surface area contributed by atoms with Gasteiger partial charge in [-0.3, -0.25) is 0 Å². The molecule has 0 unspecified atom stereocenters. The predicted molar refractivity (Wildman–Crippen MR) is 73.4 cm³/mol. The van der Waals surface area contributed by atoms with E-state index in [9.17, 15) is 4.39 Å². The third-order valence-corrected chi connectivity index (χ3v) is 3.06.